The van der Waals surface area contributed by atoms with E-state index < -0.39 is 0 Å². The van der Waals surface area contributed by atoms with Crippen molar-refractivity contribution >= 4 is 23.2 Å². The Bertz CT molecular complexity index is 738. The molecule has 5 heteroatoms. The molecule has 0 bridgehead atoms. The zero-order chi connectivity index (χ0) is 16.2. The lowest BCUT2D eigenvalue weighted by atomic mass is 10.1. The van der Waals surface area contributed by atoms with Crippen LogP contribution in [0.15, 0.2) is 42.5 Å². The first-order chi connectivity index (χ1) is 11.2. The predicted molar refractivity (Wildman–Crippen MR) is 89.0 cm³/mol. The molecule has 118 valence electrons. The molecule has 0 fully saturated rings. The maximum atomic E-state index is 12.3. The van der Waals surface area contributed by atoms with Crippen LogP contribution in [0.5, 0.6) is 5.75 Å². The van der Waals surface area contributed by atoms with E-state index >= 15 is 0 Å². The Morgan fingerprint density at radius 2 is 2.00 bits per heavy atom. The van der Waals surface area contributed by atoms with E-state index in [1.54, 1.807) is 18.2 Å². The molecule has 5 nitrogen and oxygen atoms in total. The third kappa shape index (κ3) is 3.51. The van der Waals surface area contributed by atoms with E-state index in [9.17, 15) is 9.59 Å². The Balaban J connectivity index is 1.73. The van der Waals surface area contributed by atoms with Crippen LogP contribution in [0.1, 0.15) is 29.3 Å². The van der Waals surface area contributed by atoms with Crippen LogP contribution in [0.4, 0.5) is 11.4 Å². The fourth-order valence-corrected chi connectivity index (χ4v) is 2.47. The molecule has 2 amide bonds. The summed E-state index contributed by atoms with van der Waals surface area (Å²) >= 11 is 0. The molecule has 3 rings (SSSR count). The molecule has 23 heavy (non-hydrogen) atoms. The predicted octanol–water partition coefficient (Wildman–Crippen LogP) is 3.22. The molecule has 0 aliphatic carbocycles. The van der Waals surface area contributed by atoms with Gasteiger partial charge in [0.2, 0.25) is 0 Å². The SMILES string of the molecule is CCCc1ccc(NC(=O)c2ccc3c(c2)NC(=O)CO3)cc1. The van der Waals surface area contributed by atoms with Gasteiger partial charge in [0, 0.05) is 11.3 Å². The van der Waals surface area contributed by atoms with Crippen molar-refractivity contribution in [2.45, 2.75) is 19.8 Å². The topological polar surface area (TPSA) is 67.4 Å². The summed E-state index contributed by atoms with van der Waals surface area (Å²) in [5, 5.41) is 5.55. The molecule has 2 N–H and O–H groups in total. The van der Waals surface area contributed by atoms with Crippen LogP contribution >= 0.6 is 0 Å². The zero-order valence-electron chi connectivity index (χ0n) is 12.9. The molecule has 0 spiro atoms. The molecular formula is C18H18N2O3. The Morgan fingerprint density at radius 3 is 2.74 bits per heavy atom. The van der Waals surface area contributed by atoms with E-state index in [2.05, 4.69) is 17.6 Å². The molecule has 2 aromatic rings. The third-order valence-electron chi connectivity index (χ3n) is 3.63. The summed E-state index contributed by atoms with van der Waals surface area (Å²) in [4.78, 5) is 23.7. The van der Waals surface area contributed by atoms with Crippen molar-refractivity contribution in [1.82, 2.24) is 0 Å². The normalized spacial score (nSPS) is 12.8. The fraction of sp³-hybridized carbons (Fsp3) is 0.222. The minimum absolute atomic E-state index is 0.00263. The van der Waals surface area contributed by atoms with Gasteiger partial charge in [0.25, 0.3) is 11.8 Å². The Kier molecular flexibility index (Phi) is 4.28. The van der Waals surface area contributed by atoms with Gasteiger partial charge in [0.15, 0.2) is 6.61 Å². The van der Waals surface area contributed by atoms with Gasteiger partial charge in [-0.3, -0.25) is 9.59 Å². The molecule has 0 atom stereocenters. The first-order valence-electron chi connectivity index (χ1n) is 7.62. The second-order valence-electron chi connectivity index (χ2n) is 5.45. The van der Waals surface area contributed by atoms with E-state index in [1.807, 2.05) is 24.3 Å². The number of ether oxygens (including phenoxy) is 1. The summed E-state index contributed by atoms with van der Waals surface area (Å²) in [5.74, 6) is 0.127. The lowest BCUT2D eigenvalue weighted by Crippen LogP contribution is -2.25. The first kappa shape index (κ1) is 15.1. The lowest BCUT2D eigenvalue weighted by Gasteiger charge is -2.18. The number of nitrogens with one attached hydrogen (secondary N) is 2. The summed E-state index contributed by atoms with van der Waals surface area (Å²) < 4.78 is 5.28. The summed E-state index contributed by atoms with van der Waals surface area (Å²) in [6, 6.07) is 12.8. The van der Waals surface area contributed by atoms with Crippen molar-refractivity contribution in [1.29, 1.82) is 0 Å². The van der Waals surface area contributed by atoms with E-state index in [0.29, 0.717) is 17.0 Å². The maximum Gasteiger partial charge on any atom is 0.262 e. The van der Waals surface area contributed by atoms with Crippen LogP contribution < -0.4 is 15.4 Å². The second kappa shape index (κ2) is 6.52. The van der Waals surface area contributed by atoms with Crippen molar-refractivity contribution in [3.8, 4) is 5.75 Å². The van der Waals surface area contributed by atoms with Gasteiger partial charge in [0.1, 0.15) is 5.75 Å². The number of hydrogen-bond acceptors (Lipinski definition) is 3. The number of rotatable bonds is 4. The van der Waals surface area contributed by atoms with Crippen molar-refractivity contribution < 1.29 is 14.3 Å². The number of anilines is 2. The van der Waals surface area contributed by atoms with Crippen molar-refractivity contribution in [2.24, 2.45) is 0 Å². The summed E-state index contributed by atoms with van der Waals surface area (Å²) in [6.07, 6.45) is 2.12. The molecule has 0 aromatic heterocycles. The van der Waals surface area contributed by atoms with Gasteiger partial charge in [0.05, 0.1) is 5.69 Å². The zero-order valence-corrected chi connectivity index (χ0v) is 12.9. The minimum atomic E-state index is -0.226. The fourth-order valence-electron chi connectivity index (χ4n) is 2.47. The summed E-state index contributed by atoms with van der Waals surface area (Å²) in [5.41, 5.74) is 2.98. The van der Waals surface area contributed by atoms with Crippen LogP contribution in [0.25, 0.3) is 0 Å². The Hall–Kier alpha value is -2.82. The number of carbonyl (C=O) groups excluding carboxylic acids is 2. The molecule has 0 saturated heterocycles. The van der Waals surface area contributed by atoms with Crippen LogP contribution in [-0.2, 0) is 11.2 Å². The van der Waals surface area contributed by atoms with Gasteiger partial charge in [-0.15, -0.1) is 0 Å². The first-order valence-corrected chi connectivity index (χ1v) is 7.62. The van der Waals surface area contributed by atoms with Gasteiger partial charge < -0.3 is 15.4 Å². The molecule has 1 heterocycles. The summed E-state index contributed by atoms with van der Waals surface area (Å²) in [7, 11) is 0. The highest BCUT2D eigenvalue weighted by molar-refractivity contribution is 6.06. The van der Waals surface area contributed by atoms with Crippen LogP contribution in [-0.4, -0.2) is 18.4 Å². The van der Waals surface area contributed by atoms with Crippen LogP contribution in [0.2, 0.25) is 0 Å². The highest BCUT2D eigenvalue weighted by atomic mass is 16.5. The lowest BCUT2D eigenvalue weighted by molar-refractivity contribution is -0.118. The van der Waals surface area contributed by atoms with Crippen LogP contribution in [0.3, 0.4) is 0 Å². The molecule has 1 aliphatic heterocycles. The summed E-state index contributed by atoms with van der Waals surface area (Å²) in [6.45, 7) is 2.14. The number of aryl methyl sites for hydroxylation is 1. The van der Waals surface area contributed by atoms with E-state index in [-0.39, 0.29) is 18.4 Å². The number of amides is 2. The molecule has 1 aliphatic rings. The smallest absolute Gasteiger partial charge is 0.262 e. The molecule has 0 saturated carbocycles. The quantitative estimate of drug-likeness (QED) is 0.911. The molecular weight excluding hydrogens is 292 g/mol. The minimum Gasteiger partial charge on any atom is -0.482 e. The van der Waals surface area contributed by atoms with Crippen molar-refractivity contribution in [3.63, 3.8) is 0 Å². The second-order valence-corrected chi connectivity index (χ2v) is 5.45. The molecule has 0 unspecified atom stereocenters. The average Bonchev–Trinajstić information content (AvgIpc) is 2.56. The largest absolute Gasteiger partial charge is 0.482 e. The Morgan fingerprint density at radius 1 is 1.22 bits per heavy atom. The van der Waals surface area contributed by atoms with Gasteiger partial charge in [-0.05, 0) is 42.3 Å². The third-order valence-corrected chi connectivity index (χ3v) is 3.63. The number of benzene rings is 2. The Labute approximate surface area is 134 Å². The number of hydrogen-bond donors (Lipinski definition) is 2. The van der Waals surface area contributed by atoms with E-state index in [4.69, 9.17) is 4.74 Å². The van der Waals surface area contributed by atoms with Gasteiger partial charge in [-0.25, -0.2) is 0 Å². The maximum absolute atomic E-state index is 12.3. The molecule has 0 radical (unpaired) electrons. The highest BCUT2D eigenvalue weighted by Gasteiger charge is 2.17. The van der Waals surface area contributed by atoms with E-state index in [1.165, 1.54) is 5.56 Å². The van der Waals surface area contributed by atoms with Gasteiger partial charge in [-0.2, -0.15) is 0 Å². The van der Waals surface area contributed by atoms with E-state index in [0.717, 1.165) is 18.5 Å². The number of carbonyl (C=O) groups is 2. The van der Waals surface area contributed by atoms with Gasteiger partial charge in [-0.1, -0.05) is 25.5 Å². The highest BCUT2D eigenvalue weighted by Crippen LogP contribution is 2.28. The monoisotopic (exact) mass is 310 g/mol. The average molecular weight is 310 g/mol. The van der Waals surface area contributed by atoms with Crippen molar-refractivity contribution in [3.05, 3.63) is 53.6 Å². The van der Waals surface area contributed by atoms with Crippen LogP contribution in [0, 0.1) is 0 Å². The van der Waals surface area contributed by atoms with Crippen molar-refractivity contribution in [2.75, 3.05) is 17.2 Å². The number of fused-ring (bicyclic) bond motifs is 1. The molecule has 2 aromatic carbocycles. The standard InChI is InChI=1S/C18H18N2O3/c1-2-3-12-4-7-14(8-5-12)19-18(22)13-6-9-16-15(10-13)20-17(21)11-23-16/h4-10H,2-3,11H2,1H3,(H,19,22)(H,20,21). The van der Waals surface area contributed by atoms with Gasteiger partial charge >= 0.3 is 0 Å².